The minimum Gasteiger partial charge on any atom is -0.508 e. The Morgan fingerprint density at radius 1 is 0.739 bits per heavy atom. The number of carbonyl (C=O) groups excluding carboxylic acids is 2. The van der Waals surface area contributed by atoms with Gasteiger partial charge in [0.15, 0.2) is 0 Å². The largest absolute Gasteiger partial charge is 0.508 e. The van der Waals surface area contributed by atoms with Crippen molar-refractivity contribution in [3.8, 4) is 11.5 Å². The fourth-order valence-electron chi connectivity index (χ4n) is 1.71. The molecule has 0 atom stereocenters. The molecule has 0 saturated carbocycles. The van der Waals surface area contributed by atoms with Crippen molar-refractivity contribution in [1.29, 1.82) is 0 Å². The van der Waals surface area contributed by atoms with Crippen LogP contribution in [0.25, 0.3) is 0 Å². The normalized spacial score (nSPS) is 9.91. The van der Waals surface area contributed by atoms with Gasteiger partial charge in [0.25, 0.3) is 0 Å². The van der Waals surface area contributed by atoms with Crippen LogP contribution in [0.4, 0.5) is 11.4 Å². The van der Waals surface area contributed by atoms with Crippen LogP contribution in [0, 0.1) is 0 Å². The zero-order chi connectivity index (χ0) is 16.7. The Bertz CT molecular complexity index is 608. The molecule has 0 aliphatic rings. The van der Waals surface area contributed by atoms with Crippen molar-refractivity contribution in [1.82, 2.24) is 0 Å². The van der Waals surface area contributed by atoms with Gasteiger partial charge in [0.2, 0.25) is 0 Å². The molecular formula is C16H16N2O5. The fourth-order valence-corrected chi connectivity index (χ4v) is 1.71. The number of phenolic OH excluding ortho intramolecular Hbond substituents is 2. The van der Waals surface area contributed by atoms with Crippen molar-refractivity contribution < 1.29 is 24.5 Å². The van der Waals surface area contributed by atoms with E-state index in [1.165, 1.54) is 24.3 Å². The number of benzene rings is 2. The number of ether oxygens (including phenoxy) is 1. The zero-order valence-electron chi connectivity index (χ0n) is 12.2. The number of esters is 2. The molecule has 0 aliphatic carbocycles. The summed E-state index contributed by atoms with van der Waals surface area (Å²) in [6, 6.07) is 12.3. The molecule has 0 aromatic heterocycles. The molecule has 0 unspecified atom stereocenters. The lowest BCUT2D eigenvalue weighted by atomic mass is 10.3. The Balaban J connectivity index is 1.70. The lowest BCUT2D eigenvalue weighted by molar-refractivity contribution is -0.157. The number of rotatable bonds is 6. The van der Waals surface area contributed by atoms with E-state index in [4.69, 9.17) is 10.2 Å². The maximum Gasteiger partial charge on any atom is 0.333 e. The van der Waals surface area contributed by atoms with Crippen LogP contribution in [0.5, 0.6) is 11.5 Å². The summed E-state index contributed by atoms with van der Waals surface area (Å²) in [5, 5.41) is 23.8. The zero-order valence-corrected chi connectivity index (χ0v) is 12.2. The van der Waals surface area contributed by atoms with Crippen LogP contribution >= 0.6 is 0 Å². The van der Waals surface area contributed by atoms with Crippen LogP contribution in [0.15, 0.2) is 48.5 Å². The number of aromatic hydroxyl groups is 2. The quantitative estimate of drug-likeness (QED) is 0.365. The summed E-state index contributed by atoms with van der Waals surface area (Å²) >= 11 is 0. The van der Waals surface area contributed by atoms with Gasteiger partial charge in [0, 0.05) is 11.4 Å². The number of hydrogen-bond donors (Lipinski definition) is 4. The highest BCUT2D eigenvalue weighted by atomic mass is 16.6. The first-order valence-corrected chi connectivity index (χ1v) is 6.82. The molecule has 7 nitrogen and oxygen atoms in total. The Morgan fingerprint density at radius 2 is 1.09 bits per heavy atom. The Labute approximate surface area is 132 Å². The Kier molecular flexibility index (Phi) is 5.40. The van der Waals surface area contributed by atoms with Crippen molar-refractivity contribution in [2.75, 3.05) is 23.7 Å². The summed E-state index contributed by atoms with van der Waals surface area (Å²) < 4.78 is 4.64. The summed E-state index contributed by atoms with van der Waals surface area (Å²) in [6.07, 6.45) is 0. The van der Waals surface area contributed by atoms with Gasteiger partial charge in [-0.2, -0.15) is 0 Å². The van der Waals surface area contributed by atoms with Gasteiger partial charge in [0.1, 0.15) is 24.6 Å². The average Bonchev–Trinajstić information content (AvgIpc) is 2.54. The first-order valence-electron chi connectivity index (χ1n) is 6.82. The first kappa shape index (κ1) is 16.2. The van der Waals surface area contributed by atoms with Gasteiger partial charge in [-0.3, -0.25) is 0 Å². The fraction of sp³-hybridized carbons (Fsp3) is 0.125. The maximum atomic E-state index is 11.5. The molecule has 0 fully saturated rings. The third-order valence-corrected chi connectivity index (χ3v) is 2.84. The number of phenols is 2. The molecule has 0 heterocycles. The predicted octanol–water partition coefficient (Wildman–Crippen LogP) is 1.69. The van der Waals surface area contributed by atoms with E-state index in [2.05, 4.69) is 15.4 Å². The molecule has 7 heteroatoms. The third kappa shape index (κ3) is 5.58. The van der Waals surface area contributed by atoms with Crippen molar-refractivity contribution in [2.45, 2.75) is 0 Å². The van der Waals surface area contributed by atoms with E-state index in [1.807, 2.05) is 0 Å². The molecule has 2 aromatic rings. The van der Waals surface area contributed by atoms with Crippen LogP contribution in [0.3, 0.4) is 0 Å². The van der Waals surface area contributed by atoms with E-state index in [0.717, 1.165) is 0 Å². The Morgan fingerprint density at radius 3 is 1.43 bits per heavy atom. The molecule has 0 saturated heterocycles. The van der Waals surface area contributed by atoms with E-state index in [0.29, 0.717) is 11.4 Å². The minimum absolute atomic E-state index is 0.119. The smallest absolute Gasteiger partial charge is 0.333 e. The Hall–Kier alpha value is -3.22. The summed E-state index contributed by atoms with van der Waals surface area (Å²) in [5.74, 6) is -1.19. The van der Waals surface area contributed by atoms with Crippen LogP contribution in [0.1, 0.15) is 0 Å². The summed E-state index contributed by atoms with van der Waals surface area (Å²) in [5.41, 5.74) is 1.24. The molecule has 4 N–H and O–H groups in total. The standard InChI is InChI=1S/C16H16N2O5/c19-13-5-1-11(2-6-13)17-9-15(21)23-16(22)10-18-12-3-7-14(20)8-4-12/h1-8,17-20H,9-10H2. The molecule has 23 heavy (non-hydrogen) atoms. The minimum atomic E-state index is -0.712. The monoisotopic (exact) mass is 316 g/mol. The first-order chi connectivity index (χ1) is 11.0. The van der Waals surface area contributed by atoms with Crippen molar-refractivity contribution in [3.05, 3.63) is 48.5 Å². The highest BCUT2D eigenvalue weighted by molar-refractivity contribution is 5.89. The third-order valence-electron chi connectivity index (χ3n) is 2.84. The maximum absolute atomic E-state index is 11.5. The van der Waals surface area contributed by atoms with E-state index >= 15 is 0 Å². The van der Waals surface area contributed by atoms with E-state index in [1.54, 1.807) is 24.3 Å². The van der Waals surface area contributed by atoms with Crippen LogP contribution in [-0.2, 0) is 14.3 Å². The molecule has 120 valence electrons. The van der Waals surface area contributed by atoms with Crippen LogP contribution < -0.4 is 10.6 Å². The highest BCUT2D eigenvalue weighted by Gasteiger charge is 2.10. The van der Waals surface area contributed by atoms with Crippen molar-refractivity contribution in [3.63, 3.8) is 0 Å². The van der Waals surface area contributed by atoms with Gasteiger partial charge in [0.05, 0.1) is 0 Å². The number of anilines is 2. The summed E-state index contributed by atoms with van der Waals surface area (Å²) in [4.78, 5) is 23.1. The summed E-state index contributed by atoms with van der Waals surface area (Å²) in [6.45, 7) is -0.342. The molecule has 0 aliphatic heterocycles. The number of nitrogens with one attached hydrogen (secondary N) is 2. The van der Waals surface area contributed by atoms with Crippen molar-refractivity contribution in [2.24, 2.45) is 0 Å². The second kappa shape index (κ2) is 7.69. The molecular weight excluding hydrogens is 300 g/mol. The molecule has 0 amide bonds. The van der Waals surface area contributed by atoms with Crippen LogP contribution in [-0.4, -0.2) is 35.2 Å². The van der Waals surface area contributed by atoms with E-state index in [9.17, 15) is 9.59 Å². The van der Waals surface area contributed by atoms with Gasteiger partial charge in [-0.15, -0.1) is 0 Å². The number of hydrogen-bond acceptors (Lipinski definition) is 7. The SMILES string of the molecule is O=C(CNc1ccc(O)cc1)OC(=O)CNc1ccc(O)cc1. The highest BCUT2D eigenvalue weighted by Crippen LogP contribution is 2.14. The van der Waals surface area contributed by atoms with Gasteiger partial charge in [-0.1, -0.05) is 0 Å². The lowest BCUT2D eigenvalue weighted by Gasteiger charge is -2.08. The number of carbonyl (C=O) groups is 2. The molecule has 0 bridgehead atoms. The molecule has 2 aromatic carbocycles. The topological polar surface area (TPSA) is 108 Å². The van der Waals surface area contributed by atoms with Crippen LogP contribution in [0.2, 0.25) is 0 Å². The molecule has 0 spiro atoms. The molecule has 0 radical (unpaired) electrons. The van der Waals surface area contributed by atoms with E-state index in [-0.39, 0.29) is 24.6 Å². The van der Waals surface area contributed by atoms with Crippen molar-refractivity contribution >= 4 is 23.3 Å². The second-order valence-corrected chi connectivity index (χ2v) is 4.65. The van der Waals surface area contributed by atoms with Gasteiger partial charge < -0.3 is 25.6 Å². The summed E-state index contributed by atoms with van der Waals surface area (Å²) in [7, 11) is 0. The predicted molar refractivity (Wildman–Crippen MR) is 84.3 cm³/mol. The van der Waals surface area contributed by atoms with Gasteiger partial charge in [-0.05, 0) is 48.5 Å². The van der Waals surface area contributed by atoms with E-state index < -0.39 is 11.9 Å². The second-order valence-electron chi connectivity index (χ2n) is 4.65. The lowest BCUT2D eigenvalue weighted by Crippen LogP contribution is -2.24. The van der Waals surface area contributed by atoms with Gasteiger partial charge >= 0.3 is 11.9 Å². The average molecular weight is 316 g/mol. The van der Waals surface area contributed by atoms with Gasteiger partial charge in [-0.25, -0.2) is 9.59 Å². The molecule has 2 rings (SSSR count).